The molecule has 4 nitrogen and oxygen atoms in total. The fourth-order valence-electron chi connectivity index (χ4n) is 3.44. The Bertz CT molecular complexity index is 1030. The molecular weight excluding hydrogens is 392 g/mol. The van der Waals surface area contributed by atoms with Gasteiger partial charge in [-0.05, 0) is 28.1 Å². The van der Waals surface area contributed by atoms with Crippen LogP contribution in [0.1, 0.15) is 27.6 Å². The lowest BCUT2D eigenvalue weighted by atomic mass is 9.85. The Labute approximate surface area is 179 Å². The zero-order valence-electron chi connectivity index (χ0n) is 16.2. The minimum absolute atomic E-state index is 0.231. The molecule has 3 aromatic carbocycles. The fourth-order valence-corrected chi connectivity index (χ4v) is 4.24. The van der Waals surface area contributed by atoms with E-state index in [0.29, 0.717) is 11.1 Å². The molecule has 0 fully saturated rings. The summed E-state index contributed by atoms with van der Waals surface area (Å²) in [5.41, 5.74) is 6.10. The molecule has 0 saturated heterocycles. The summed E-state index contributed by atoms with van der Waals surface area (Å²) < 4.78 is 0. The molecule has 0 spiro atoms. The monoisotopic (exact) mass is 414 g/mol. The van der Waals surface area contributed by atoms with Gasteiger partial charge in [-0.2, -0.15) is 0 Å². The molecule has 3 N–H and O–H groups in total. The molecule has 1 amide bonds. The van der Waals surface area contributed by atoms with Gasteiger partial charge in [0.1, 0.15) is 0 Å². The van der Waals surface area contributed by atoms with Crippen molar-refractivity contribution in [3.63, 3.8) is 0 Å². The minimum Gasteiger partial charge on any atom is -0.372 e. The lowest BCUT2D eigenvalue weighted by Gasteiger charge is -2.29. The van der Waals surface area contributed by atoms with Crippen LogP contribution >= 0.6 is 11.3 Å². The van der Waals surface area contributed by atoms with Crippen molar-refractivity contribution in [1.82, 2.24) is 10.9 Å². The first kappa shape index (κ1) is 20.0. The van der Waals surface area contributed by atoms with Gasteiger partial charge in [-0.25, -0.2) is 5.43 Å². The summed E-state index contributed by atoms with van der Waals surface area (Å²) in [6, 6.07) is 31.6. The summed E-state index contributed by atoms with van der Waals surface area (Å²) in [6.45, 7) is 0. The Kier molecular flexibility index (Phi) is 6.05. The van der Waals surface area contributed by atoms with Crippen molar-refractivity contribution in [2.45, 2.75) is 11.6 Å². The van der Waals surface area contributed by atoms with Crippen LogP contribution in [-0.2, 0) is 10.4 Å². The lowest BCUT2D eigenvalue weighted by Crippen LogP contribution is -2.51. The highest BCUT2D eigenvalue weighted by Gasteiger charge is 2.40. The van der Waals surface area contributed by atoms with Crippen molar-refractivity contribution in [3.05, 3.63) is 130 Å². The topological polar surface area (TPSA) is 61.4 Å². The highest BCUT2D eigenvalue weighted by atomic mass is 32.1. The Morgan fingerprint density at radius 1 is 0.767 bits per heavy atom. The SMILES string of the molecule is O=C(NN[C@@H](c1ccccc1)c1cccs1)C(O)(c1ccccc1)c1ccccc1. The molecule has 0 aliphatic carbocycles. The number of thiophene rings is 1. The Morgan fingerprint density at radius 3 is 1.80 bits per heavy atom. The molecule has 1 heterocycles. The van der Waals surface area contributed by atoms with Crippen LogP contribution in [0, 0.1) is 0 Å². The van der Waals surface area contributed by atoms with Crippen LogP contribution in [0.25, 0.3) is 0 Å². The normalized spacial score (nSPS) is 12.3. The van der Waals surface area contributed by atoms with Gasteiger partial charge in [0.15, 0.2) is 5.60 Å². The number of amides is 1. The number of hydrazine groups is 1. The molecule has 0 bridgehead atoms. The molecule has 1 aromatic heterocycles. The van der Waals surface area contributed by atoms with Gasteiger partial charge in [-0.15, -0.1) is 11.3 Å². The van der Waals surface area contributed by atoms with Gasteiger partial charge in [0, 0.05) is 4.88 Å². The summed E-state index contributed by atoms with van der Waals surface area (Å²) in [5, 5.41) is 13.6. The third kappa shape index (κ3) is 4.04. The van der Waals surface area contributed by atoms with Crippen LogP contribution in [0.15, 0.2) is 109 Å². The highest BCUT2D eigenvalue weighted by molar-refractivity contribution is 7.10. The van der Waals surface area contributed by atoms with Gasteiger partial charge >= 0.3 is 0 Å². The molecule has 5 heteroatoms. The zero-order valence-corrected chi connectivity index (χ0v) is 17.0. The number of benzene rings is 3. The number of rotatable bonds is 7. The smallest absolute Gasteiger partial charge is 0.275 e. The summed E-state index contributed by atoms with van der Waals surface area (Å²) >= 11 is 1.60. The van der Waals surface area contributed by atoms with E-state index in [1.165, 1.54) is 0 Å². The Morgan fingerprint density at radius 2 is 1.30 bits per heavy atom. The maximum Gasteiger partial charge on any atom is 0.275 e. The molecule has 30 heavy (non-hydrogen) atoms. The fraction of sp³-hybridized carbons (Fsp3) is 0.0800. The Balaban J connectivity index is 1.64. The van der Waals surface area contributed by atoms with E-state index in [2.05, 4.69) is 10.9 Å². The predicted molar refractivity (Wildman–Crippen MR) is 120 cm³/mol. The van der Waals surface area contributed by atoms with Crippen LogP contribution in [0.4, 0.5) is 0 Å². The second kappa shape index (κ2) is 9.05. The Hall–Kier alpha value is -3.25. The maximum atomic E-state index is 13.4. The van der Waals surface area contributed by atoms with Crippen LogP contribution in [0.3, 0.4) is 0 Å². The van der Waals surface area contributed by atoms with Gasteiger partial charge < -0.3 is 5.11 Å². The molecular formula is C25H22N2O2S. The molecule has 4 rings (SSSR count). The zero-order chi connectivity index (χ0) is 20.8. The average Bonchev–Trinajstić information content (AvgIpc) is 3.35. The van der Waals surface area contributed by atoms with Gasteiger partial charge in [-0.1, -0.05) is 97.1 Å². The largest absolute Gasteiger partial charge is 0.372 e. The first-order valence-electron chi connectivity index (χ1n) is 9.67. The van der Waals surface area contributed by atoms with E-state index in [9.17, 15) is 9.90 Å². The first-order valence-corrected chi connectivity index (χ1v) is 10.6. The number of aliphatic hydroxyl groups is 1. The number of hydrogen-bond donors (Lipinski definition) is 3. The summed E-state index contributed by atoms with van der Waals surface area (Å²) in [5.74, 6) is -0.544. The average molecular weight is 415 g/mol. The summed E-state index contributed by atoms with van der Waals surface area (Å²) in [4.78, 5) is 14.4. The van der Waals surface area contributed by atoms with E-state index in [1.54, 1.807) is 35.6 Å². The lowest BCUT2D eigenvalue weighted by molar-refractivity contribution is -0.138. The van der Waals surface area contributed by atoms with Crippen molar-refractivity contribution < 1.29 is 9.90 Å². The maximum absolute atomic E-state index is 13.4. The number of nitrogens with one attached hydrogen (secondary N) is 2. The number of carbonyl (C=O) groups excluding carboxylic acids is 1. The van der Waals surface area contributed by atoms with Crippen molar-refractivity contribution in [3.8, 4) is 0 Å². The van der Waals surface area contributed by atoms with E-state index in [-0.39, 0.29) is 6.04 Å². The van der Waals surface area contributed by atoms with Crippen molar-refractivity contribution in [2.75, 3.05) is 0 Å². The van der Waals surface area contributed by atoms with E-state index >= 15 is 0 Å². The van der Waals surface area contributed by atoms with Crippen LogP contribution in [0.2, 0.25) is 0 Å². The molecule has 150 valence electrons. The van der Waals surface area contributed by atoms with Gasteiger partial charge in [-0.3, -0.25) is 10.2 Å². The highest BCUT2D eigenvalue weighted by Crippen LogP contribution is 2.30. The van der Waals surface area contributed by atoms with Crippen molar-refractivity contribution >= 4 is 17.2 Å². The predicted octanol–water partition coefficient (Wildman–Crippen LogP) is 4.39. The quantitative estimate of drug-likeness (QED) is 0.393. The van der Waals surface area contributed by atoms with Gasteiger partial charge in [0.25, 0.3) is 5.91 Å². The molecule has 0 saturated carbocycles. The molecule has 0 radical (unpaired) electrons. The first-order chi connectivity index (χ1) is 14.7. The third-order valence-electron chi connectivity index (χ3n) is 5.00. The number of carbonyl (C=O) groups is 1. The molecule has 4 aromatic rings. The van der Waals surface area contributed by atoms with E-state index < -0.39 is 11.5 Å². The van der Waals surface area contributed by atoms with Crippen molar-refractivity contribution in [1.29, 1.82) is 0 Å². The minimum atomic E-state index is -1.83. The van der Waals surface area contributed by atoms with Gasteiger partial charge in [0.05, 0.1) is 6.04 Å². The molecule has 0 unspecified atom stereocenters. The van der Waals surface area contributed by atoms with Crippen molar-refractivity contribution in [2.24, 2.45) is 0 Å². The molecule has 1 atom stereocenters. The van der Waals surface area contributed by atoms with E-state index in [4.69, 9.17) is 0 Å². The molecule has 0 aliphatic heterocycles. The van der Waals surface area contributed by atoms with Crippen LogP contribution in [-0.4, -0.2) is 11.0 Å². The second-order valence-corrected chi connectivity index (χ2v) is 7.88. The van der Waals surface area contributed by atoms with E-state index in [1.807, 2.05) is 84.2 Å². The summed E-state index contributed by atoms with van der Waals surface area (Å²) in [7, 11) is 0. The van der Waals surface area contributed by atoms with Gasteiger partial charge in [0.2, 0.25) is 0 Å². The van der Waals surface area contributed by atoms with Crippen LogP contribution in [0.5, 0.6) is 0 Å². The second-order valence-electron chi connectivity index (χ2n) is 6.90. The molecule has 0 aliphatic rings. The van der Waals surface area contributed by atoms with E-state index in [0.717, 1.165) is 10.4 Å². The summed E-state index contributed by atoms with van der Waals surface area (Å²) in [6.07, 6.45) is 0. The van der Waals surface area contributed by atoms with Crippen LogP contribution < -0.4 is 10.9 Å². The third-order valence-corrected chi connectivity index (χ3v) is 5.94. The standard InChI is InChI=1S/C25H22N2O2S/c28-24(25(29,20-13-6-2-7-14-20)21-15-8-3-9-16-21)27-26-23(22-17-10-18-30-22)19-11-4-1-5-12-19/h1-18,23,26,29H,(H,27,28)/t23-/m0/s1. The number of hydrogen-bond acceptors (Lipinski definition) is 4.